The number of nitrogen functional groups attached to an aromatic ring is 1. The fourth-order valence-corrected chi connectivity index (χ4v) is 5.83. The van der Waals surface area contributed by atoms with E-state index in [2.05, 4.69) is 28.1 Å². The number of rotatable bonds is 9. The number of fused-ring (bicyclic) bond motifs is 1. The van der Waals surface area contributed by atoms with Crippen molar-refractivity contribution >= 4 is 40.4 Å². The van der Waals surface area contributed by atoms with Gasteiger partial charge in [-0.1, -0.05) is 0 Å². The molecule has 0 radical (unpaired) electrons. The molecule has 0 aromatic carbocycles. The molecule has 2 aromatic heterocycles. The predicted octanol–water partition coefficient (Wildman–Crippen LogP) is -2.52. The van der Waals surface area contributed by atoms with Gasteiger partial charge < -0.3 is 45.8 Å². The first-order valence-electron chi connectivity index (χ1n) is 8.17. The minimum absolute atomic E-state index is 0.0438. The Hall–Kier alpha value is -1.72. The lowest BCUT2D eigenvalue weighted by atomic mass is 10.1. The molecule has 1 aliphatic heterocycles. The third-order valence-corrected chi connectivity index (χ3v) is 7.81. The van der Waals surface area contributed by atoms with Crippen molar-refractivity contribution in [2.24, 2.45) is 0 Å². The molecule has 8 N–H and O–H groups in total. The number of phosphoric ester groups is 1. The van der Waals surface area contributed by atoms with Crippen LogP contribution < -0.4 is 10.8 Å². The van der Waals surface area contributed by atoms with Crippen molar-refractivity contribution < 1.29 is 61.4 Å². The summed E-state index contributed by atoms with van der Waals surface area (Å²) in [6, 6.07) is -1.32. The van der Waals surface area contributed by atoms with Gasteiger partial charge in [-0.25, -0.2) is 28.6 Å². The van der Waals surface area contributed by atoms with Crippen molar-refractivity contribution in [1.29, 1.82) is 0 Å². The van der Waals surface area contributed by atoms with Crippen LogP contribution in [-0.2, 0) is 31.6 Å². The van der Waals surface area contributed by atoms with Gasteiger partial charge in [-0.3, -0.25) is 9.09 Å². The molecule has 2 aromatic rings. The fraction of sp³-hybridized carbons (Fsp3) is 0.500. The molecule has 178 valence electrons. The van der Waals surface area contributed by atoms with Crippen molar-refractivity contribution in [2.45, 2.75) is 24.5 Å². The number of nitrogens with zero attached hydrogens (tertiary/aromatic N) is 5. The van der Waals surface area contributed by atoms with E-state index < -0.39 is 54.6 Å². The van der Waals surface area contributed by atoms with E-state index in [4.69, 9.17) is 25.2 Å². The number of aliphatic hydroxyl groups excluding tert-OH is 1. The first kappa shape index (κ1) is 24.9. The zero-order valence-electron chi connectivity index (χ0n) is 15.4. The van der Waals surface area contributed by atoms with E-state index in [1.807, 2.05) is 0 Å². The van der Waals surface area contributed by atoms with Crippen LogP contribution in [0.2, 0.25) is 0 Å². The van der Waals surface area contributed by atoms with Crippen molar-refractivity contribution in [1.82, 2.24) is 19.5 Å². The summed E-state index contributed by atoms with van der Waals surface area (Å²) in [5.74, 6) is 0.0438. The lowest BCUT2D eigenvalue weighted by Gasteiger charge is -2.18. The van der Waals surface area contributed by atoms with Gasteiger partial charge in [0.15, 0.2) is 29.8 Å². The van der Waals surface area contributed by atoms with Crippen LogP contribution in [0.3, 0.4) is 0 Å². The molecule has 0 amide bonds. The second kappa shape index (κ2) is 8.90. The standard InChI is InChI=1S/C10H16N7O12P3/c11-8-6-9(14-2-13-8)17(3-15-6)10-7(18)5(16-12)4(27-10)1-26-31(22,23)29-32(24,25)28-30(19,20)21/h2-5,7,10,16,18H,1H2,(H,22,23)(H,24,25)(H2,11,13,14)(H2,19,20,21). The normalized spacial score (nSPS) is 27.8. The lowest BCUT2D eigenvalue weighted by Crippen LogP contribution is -2.78. The first-order chi connectivity index (χ1) is 14.7. The van der Waals surface area contributed by atoms with Gasteiger partial charge in [0, 0.05) is 0 Å². The van der Waals surface area contributed by atoms with Crippen molar-refractivity contribution in [3.63, 3.8) is 0 Å². The Morgan fingerprint density at radius 1 is 1.16 bits per heavy atom. The molecule has 0 bridgehead atoms. The summed E-state index contributed by atoms with van der Waals surface area (Å²) < 4.78 is 52.3. The number of phosphoric acid groups is 3. The molecule has 1 saturated heterocycles. The highest BCUT2D eigenvalue weighted by molar-refractivity contribution is 7.66. The van der Waals surface area contributed by atoms with Gasteiger partial charge in [-0.05, 0) is 0 Å². The highest BCUT2D eigenvalue weighted by Crippen LogP contribution is 2.66. The fourth-order valence-electron chi connectivity index (χ4n) is 2.80. The molecule has 6 unspecified atom stereocenters. The average molecular weight is 519 g/mol. The van der Waals surface area contributed by atoms with Crippen LogP contribution in [0.15, 0.2) is 12.7 Å². The van der Waals surface area contributed by atoms with E-state index >= 15 is 0 Å². The highest BCUT2D eigenvalue weighted by atomic mass is 31.3. The van der Waals surface area contributed by atoms with Crippen LogP contribution in [0, 0.1) is 0 Å². The smallest absolute Gasteiger partial charge is 0.490 e. The Morgan fingerprint density at radius 2 is 1.84 bits per heavy atom. The van der Waals surface area contributed by atoms with E-state index in [1.54, 1.807) is 5.11 Å². The van der Waals surface area contributed by atoms with E-state index in [1.165, 1.54) is 10.9 Å². The molecule has 22 heteroatoms. The second-order valence-corrected chi connectivity index (χ2v) is 10.6. The number of imidazole rings is 1. The Labute approximate surface area is 177 Å². The van der Waals surface area contributed by atoms with E-state index in [0.29, 0.717) is 0 Å². The monoisotopic (exact) mass is 519 g/mol. The molecule has 19 nitrogen and oxygen atoms in total. The lowest BCUT2D eigenvalue weighted by molar-refractivity contribution is -0.540. The molecule has 6 atom stereocenters. The number of aliphatic hydroxyl groups is 1. The zero-order valence-corrected chi connectivity index (χ0v) is 18.1. The summed E-state index contributed by atoms with van der Waals surface area (Å²) in [7, 11) is -16.7. The number of nitrogens with one attached hydrogen (secondary N) is 1. The zero-order chi connectivity index (χ0) is 23.9. The summed E-state index contributed by atoms with van der Waals surface area (Å²) in [4.78, 5) is 47.5. The number of ether oxygens (including phenoxy) is 1. The van der Waals surface area contributed by atoms with Crippen LogP contribution in [0.1, 0.15) is 6.23 Å². The quantitative estimate of drug-likeness (QED) is 0.133. The van der Waals surface area contributed by atoms with Gasteiger partial charge in [-0.2, -0.15) is 8.62 Å². The van der Waals surface area contributed by atoms with Crippen molar-refractivity contribution in [2.75, 3.05) is 12.3 Å². The molecule has 3 heterocycles. The largest absolute Gasteiger partial charge is 0.508 e. The molecule has 1 fully saturated rings. The van der Waals surface area contributed by atoms with Crippen LogP contribution in [0.5, 0.6) is 0 Å². The highest BCUT2D eigenvalue weighted by Gasteiger charge is 2.49. The molecular formula is C10H16N7O12P3. The van der Waals surface area contributed by atoms with Crippen LogP contribution in [-0.4, -0.2) is 69.1 Å². The van der Waals surface area contributed by atoms with E-state index in [0.717, 1.165) is 6.33 Å². The van der Waals surface area contributed by atoms with Gasteiger partial charge in [0.05, 0.1) is 12.9 Å². The SMILES string of the molecule is [N-]=[NH+]C1C(COP(=O)(O)OP(=O)(O)OP(=O)(O)O)OC(n2cnc3c(N)ncnc32)C1O. The molecular weight excluding hydrogens is 503 g/mol. The van der Waals surface area contributed by atoms with Crippen LogP contribution >= 0.6 is 23.5 Å². The third-order valence-electron chi connectivity index (χ3n) is 4.00. The third kappa shape index (κ3) is 5.60. The summed E-state index contributed by atoms with van der Waals surface area (Å²) in [5.41, 5.74) is 15.4. The number of hydrogen-bond donors (Lipinski definition) is 7. The summed E-state index contributed by atoms with van der Waals surface area (Å²) in [6.07, 6.45) is -1.77. The minimum atomic E-state index is -5.71. The van der Waals surface area contributed by atoms with Gasteiger partial charge in [0.1, 0.15) is 17.9 Å². The summed E-state index contributed by atoms with van der Waals surface area (Å²) in [6.45, 7) is -0.917. The number of hydrogen-bond acceptors (Lipinski definition) is 12. The van der Waals surface area contributed by atoms with E-state index in [-0.39, 0.29) is 17.0 Å². The first-order valence-corrected chi connectivity index (χ1v) is 12.7. The molecule has 1 aliphatic rings. The minimum Gasteiger partial charge on any atom is -0.508 e. The van der Waals surface area contributed by atoms with Gasteiger partial charge >= 0.3 is 23.5 Å². The summed E-state index contributed by atoms with van der Waals surface area (Å²) in [5, 5.41) is 12.2. The van der Waals surface area contributed by atoms with Crippen LogP contribution in [0.25, 0.3) is 16.7 Å². The average Bonchev–Trinajstić information content (AvgIpc) is 3.18. The van der Waals surface area contributed by atoms with Gasteiger partial charge in [-0.15, -0.1) is 0 Å². The Morgan fingerprint density at radius 3 is 2.47 bits per heavy atom. The maximum atomic E-state index is 11.9. The van der Waals surface area contributed by atoms with Crippen molar-refractivity contribution in [3.8, 4) is 0 Å². The number of nitrogens with two attached hydrogens (primary N) is 1. The molecule has 0 spiro atoms. The molecule has 0 aliphatic carbocycles. The van der Waals surface area contributed by atoms with Crippen molar-refractivity contribution in [3.05, 3.63) is 18.2 Å². The van der Waals surface area contributed by atoms with Crippen LogP contribution in [0.4, 0.5) is 5.82 Å². The maximum absolute atomic E-state index is 11.9. The topological polar surface area (TPSA) is 295 Å². The Balaban J connectivity index is 1.74. The number of anilines is 1. The molecule has 3 rings (SSSR count). The Bertz CT molecular complexity index is 1150. The molecule has 0 saturated carbocycles. The maximum Gasteiger partial charge on any atom is 0.490 e. The molecule has 32 heavy (non-hydrogen) atoms. The van der Waals surface area contributed by atoms with Gasteiger partial charge in [0.2, 0.25) is 0 Å². The second-order valence-electron chi connectivity index (χ2n) is 6.18. The summed E-state index contributed by atoms with van der Waals surface area (Å²) >= 11 is 0. The predicted molar refractivity (Wildman–Crippen MR) is 97.6 cm³/mol. The van der Waals surface area contributed by atoms with Gasteiger partial charge in [0.25, 0.3) is 0 Å². The number of aromatic nitrogens is 4. The van der Waals surface area contributed by atoms with E-state index in [9.17, 15) is 29.2 Å². The Kier molecular flexibility index (Phi) is 6.93.